The van der Waals surface area contributed by atoms with E-state index in [0.29, 0.717) is 24.2 Å². The van der Waals surface area contributed by atoms with Crippen LogP contribution in [0.25, 0.3) is 0 Å². The summed E-state index contributed by atoms with van der Waals surface area (Å²) in [5.74, 6) is 1.63. The Morgan fingerprint density at radius 3 is 3.00 bits per heavy atom. The van der Waals surface area contributed by atoms with Gasteiger partial charge in [-0.25, -0.2) is 4.98 Å². The molecule has 0 aliphatic heterocycles. The molecule has 0 saturated heterocycles. The van der Waals surface area contributed by atoms with Crippen molar-refractivity contribution in [2.75, 3.05) is 18.4 Å². The van der Waals surface area contributed by atoms with E-state index in [2.05, 4.69) is 10.3 Å². The van der Waals surface area contributed by atoms with Crippen LogP contribution < -0.4 is 16.6 Å². The van der Waals surface area contributed by atoms with Crippen LogP contribution in [-0.2, 0) is 6.54 Å². The number of anilines is 1. The average molecular weight is 250 g/mol. The summed E-state index contributed by atoms with van der Waals surface area (Å²) in [6.07, 6.45) is 7.04. The maximum atomic E-state index is 12.0. The molecule has 5 nitrogen and oxygen atoms in total. The highest BCUT2D eigenvalue weighted by atomic mass is 16.1. The van der Waals surface area contributed by atoms with Crippen molar-refractivity contribution in [3.63, 3.8) is 0 Å². The van der Waals surface area contributed by atoms with Gasteiger partial charge in [-0.05, 0) is 38.1 Å². The minimum absolute atomic E-state index is 0.0395. The average Bonchev–Trinajstić information content (AvgIpc) is 2.85. The smallest absolute Gasteiger partial charge is 0.293 e. The van der Waals surface area contributed by atoms with Gasteiger partial charge in [-0.15, -0.1) is 0 Å². The summed E-state index contributed by atoms with van der Waals surface area (Å²) in [7, 11) is 0. The Morgan fingerprint density at radius 1 is 1.50 bits per heavy atom. The number of hydrogen-bond donors (Lipinski definition) is 2. The molecule has 1 heterocycles. The monoisotopic (exact) mass is 250 g/mol. The summed E-state index contributed by atoms with van der Waals surface area (Å²) in [5, 5.41) is 3.19. The van der Waals surface area contributed by atoms with E-state index in [1.54, 1.807) is 17.0 Å². The Kier molecular flexibility index (Phi) is 4.36. The van der Waals surface area contributed by atoms with E-state index in [-0.39, 0.29) is 5.56 Å². The second-order valence-electron chi connectivity index (χ2n) is 4.93. The molecule has 3 N–H and O–H groups in total. The van der Waals surface area contributed by atoms with E-state index in [9.17, 15) is 4.79 Å². The van der Waals surface area contributed by atoms with Crippen molar-refractivity contribution in [3.8, 4) is 0 Å². The standard InChI is InChI=1S/C13H22N4O/c1-2-17-7-6-15-12(13(17)18)16-9-11-5-3-4-10(11)8-14/h6-7,10-11H,2-5,8-9,14H2,1H3,(H,15,16). The third kappa shape index (κ3) is 2.72. The fourth-order valence-electron chi connectivity index (χ4n) is 2.74. The van der Waals surface area contributed by atoms with Crippen LogP contribution in [0.4, 0.5) is 5.82 Å². The topological polar surface area (TPSA) is 72.9 Å². The SMILES string of the molecule is CCn1ccnc(NCC2CCCC2CN)c1=O. The largest absolute Gasteiger partial charge is 0.365 e. The number of rotatable bonds is 5. The summed E-state index contributed by atoms with van der Waals surface area (Å²) >= 11 is 0. The molecule has 1 aliphatic rings. The van der Waals surface area contributed by atoms with Crippen LogP contribution in [-0.4, -0.2) is 22.6 Å². The molecule has 100 valence electrons. The molecular formula is C13H22N4O. The zero-order valence-corrected chi connectivity index (χ0v) is 10.9. The van der Waals surface area contributed by atoms with Crippen LogP contribution in [0, 0.1) is 11.8 Å². The number of nitrogens with two attached hydrogens (primary N) is 1. The van der Waals surface area contributed by atoms with Gasteiger partial charge in [-0.3, -0.25) is 4.79 Å². The summed E-state index contributed by atoms with van der Waals surface area (Å²) in [4.78, 5) is 16.1. The predicted octanol–water partition coefficient (Wildman–Crippen LogP) is 1.05. The summed E-state index contributed by atoms with van der Waals surface area (Å²) in [6, 6.07) is 0. The lowest BCUT2D eigenvalue weighted by molar-refractivity contribution is 0.414. The third-order valence-corrected chi connectivity index (χ3v) is 3.91. The minimum Gasteiger partial charge on any atom is -0.365 e. The Bertz CT molecular complexity index is 443. The third-order valence-electron chi connectivity index (χ3n) is 3.91. The zero-order valence-electron chi connectivity index (χ0n) is 10.9. The molecule has 0 radical (unpaired) electrons. The molecule has 1 aliphatic carbocycles. The van der Waals surface area contributed by atoms with E-state index in [1.165, 1.54) is 19.3 Å². The number of nitrogens with one attached hydrogen (secondary N) is 1. The molecule has 1 fully saturated rings. The molecule has 0 bridgehead atoms. The number of aryl methyl sites for hydroxylation is 1. The first-order valence-corrected chi connectivity index (χ1v) is 6.75. The Morgan fingerprint density at radius 2 is 2.28 bits per heavy atom. The maximum Gasteiger partial charge on any atom is 0.293 e. The van der Waals surface area contributed by atoms with Crippen molar-refractivity contribution >= 4 is 5.82 Å². The number of nitrogens with zero attached hydrogens (tertiary/aromatic N) is 2. The van der Waals surface area contributed by atoms with Gasteiger partial charge in [0.05, 0.1) is 0 Å². The fourth-order valence-corrected chi connectivity index (χ4v) is 2.74. The van der Waals surface area contributed by atoms with Crippen molar-refractivity contribution in [1.29, 1.82) is 0 Å². The highest BCUT2D eigenvalue weighted by molar-refractivity contribution is 5.30. The van der Waals surface area contributed by atoms with Gasteiger partial charge in [-0.2, -0.15) is 0 Å². The molecular weight excluding hydrogens is 228 g/mol. The predicted molar refractivity (Wildman–Crippen MR) is 72.5 cm³/mol. The van der Waals surface area contributed by atoms with Crippen LogP contribution in [0.1, 0.15) is 26.2 Å². The van der Waals surface area contributed by atoms with Crippen LogP contribution in [0.5, 0.6) is 0 Å². The first-order chi connectivity index (χ1) is 8.76. The molecule has 0 aromatic carbocycles. The van der Waals surface area contributed by atoms with Gasteiger partial charge in [-0.1, -0.05) is 6.42 Å². The lowest BCUT2D eigenvalue weighted by Gasteiger charge is -2.18. The minimum atomic E-state index is -0.0395. The van der Waals surface area contributed by atoms with E-state index in [0.717, 1.165) is 13.1 Å². The summed E-state index contributed by atoms with van der Waals surface area (Å²) in [6.45, 7) is 4.17. The molecule has 1 aromatic heterocycles. The quantitative estimate of drug-likeness (QED) is 0.819. The van der Waals surface area contributed by atoms with Crippen molar-refractivity contribution in [2.24, 2.45) is 17.6 Å². The molecule has 18 heavy (non-hydrogen) atoms. The second-order valence-corrected chi connectivity index (χ2v) is 4.93. The second kappa shape index (κ2) is 6.00. The van der Waals surface area contributed by atoms with E-state index in [4.69, 9.17) is 5.73 Å². The van der Waals surface area contributed by atoms with E-state index < -0.39 is 0 Å². The molecule has 2 unspecified atom stereocenters. The van der Waals surface area contributed by atoms with Crippen LogP contribution in [0.3, 0.4) is 0 Å². The van der Waals surface area contributed by atoms with Crippen molar-refractivity contribution in [2.45, 2.75) is 32.7 Å². The Balaban J connectivity index is 2.00. The van der Waals surface area contributed by atoms with Gasteiger partial charge >= 0.3 is 0 Å². The maximum absolute atomic E-state index is 12.0. The number of hydrogen-bond acceptors (Lipinski definition) is 4. The fraction of sp³-hybridized carbons (Fsp3) is 0.692. The van der Waals surface area contributed by atoms with Gasteiger partial charge in [0.15, 0.2) is 5.82 Å². The van der Waals surface area contributed by atoms with Gasteiger partial charge < -0.3 is 15.6 Å². The first kappa shape index (κ1) is 13.1. The highest BCUT2D eigenvalue weighted by Crippen LogP contribution is 2.30. The molecule has 2 rings (SSSR count). The van der Waals surface area contributed by atoms with Gasteiger partial charge in [0.1, 0.15) is 0 Å². The molecule has 0 amide bonds. The lowest BCUT2D eigenvalue weighted by atomic mass is 9.96. The van der Waals surface area contributed by atoms with Gasteiger partial charge in [0.2, 0.25) is 0 Å². The Hall–Kier alpha value is -1.36. The van der Waals surface area contributed by atoms with Gasteiger partial charge in [0.25, 0.3) is 5.56 Å². The molecule has 5 heteroatoms. The van der Waals surface area contributed by atoms with E-state index >= 15 is 0 Å². The van der Waals surface area contributed by atoms with Crippen LogP contribution in [0.2, 0.25) is 0 Å². The van der Waals surface area contributed by atoms with Crippen molar-refractivity contribution < 1.29 is 0 Å². The molecule has 1 aromatic rings. The van der Waals surface area contributed by atoms with Crippen molar-refractivity contribution in [3.05, 3.63) is 22.7 Å². The first-order valence-electron chi connectivity index (χ1n) is 6.75. The van der Waals surface area contributed by atoms with Crippen LogP contribution in [0.15, 0.2) is 17.2 Å². The molecule has 1 saturated carbocycles. The van der Waals surface area contributed by atoms with Gasteiger partial charge in [0, 0.05) is 25.5 Å². The normalized spacial score (nSPS) is 23.2. The van der Waals surface area contributed by atoms with E-state index in [1.807, 2.05) is 6.92 Å². The molecule has 2 atom stereocenters. The zero-order chi connectivity index (χ0) is 13.0. The lowest BCUT2D eigenvalue weighted by Crippen LogP contribution is -2.28. The van der Waals surface area contributed by atoms with Crippen molar-refractivity contribution in [1.82, 2.24) is 9.55 Å². The summed E-state index contributed by atoms with van der Waals surface area (Å²) < 4.78 is 1.66. The highest BCUT2D eigenvalue weighted by Gasteiger charge is 2.25. The van der Waals surface area contributed by atoms with Crippen LogP contribution >= 0.6 is 0 Å². The molecule has 0 spiro atoms. The summed E-state index contributed by atoms with van der Waals surface area (Å²) in [5.41, 5.74) is 5.72. The Labute approximate surface area is 107 Å². The number of aromatic nitrogens is 2.